The Bertz CT molecular complexity index is 487. The number of nitrogens with zero attached hydrogens (tertiary/aromatic N) is 1. The molecule has 0 radical (unpaired) electrons. The van der Waals surface area contributed by atoms with Crippen molar-refractivity contribution in [3.63, 3.8) is 0 Å². The van der Waals surface area contributed by atoms with Crippen molar-refractivity contribution in [3.8, 4) is 11.1 Å². The minimum Gasteiger partial charge on any atom is -0.265 e. The molecule has 1 aromatic heterocycles. The van der Waals surface area contributed by atoms with E-state index >= 15 is 0 Å². The number of benzene rings is 1. The van der Waals surface area contributed by atoms with Crippen molar-refractivity contribution < 1.29 is 4.39 Å². The molecule has 0 saturated carbocycles. The molecule has 1 heterocycles. The van der Waals surface area contributed by atoms with E-state index in [1.807, 2.05) is 0 Å². The molecule has 4 heteroatoms. The normalized spacial score (nSPS) is 10.3. The van der Waals surface area contributed by atoms with Crippen molar-refractivity contribution in [1.29, 1.82) is 0 Å². The molecule has 1 nitrogen and oxygen atoms in total. The molecule has 76 valence electrons. The first kappa shape index (κ1) is 10.6. The summed E-state index contributed by atoms with van der Waals surface area (Å²) in [6.45, 7) is 0. The number of rotatable bonds is 1. The van der Waals surface area contributed by atoms with E-state index in [0.29, 0.717) is 10.0 Å². The SMILES string of the molecule is Fc1c(-c2ccncc2)ccc(Br)c1Cl. The van der Waals surface area contributed by atoms with Crippen LogP contribution >= 0.6 is 27.5 Å². The maximum Gasteiger partial charge on any atom is 0.150 e. The third-order valence-electron chi connectivity index (χ3n) is 2.03. The van der Waals surface area contributed by atoms with Crippen molar-refractivity contribution in [1.82, 2.24) is 4.98 Å². The number of hydrogen-bond acceptors (Lipinski definition) is 1. The Balaban J connectivity index is 2.60. The zero-order valence-electron chi connectivity index (χ0n) is 7.55. The highest BCUT2D eigenvalue weighted by Crippen LogP contribution is 2.32. The standard InChI is InChI=1S/C11H6BrClFN/c12-9-2-1-8(11(14)10(9)13)7-3-5-15-6-4-7/h1-6H. The van der Waals surface area contributed by atoms with E-state index in [4.69, 9.17) is 11.6 Å². The molecule has 15 heavy (non-hydrogen) atoms. The van der Waals surface area contributed by atoms with Gasteiger partial charge in [-0.3, -0.25) is 4.98 Å². The topological polar surface area (TPSA) is 12.9 Å². The molecule has 0 amide bonds. The van der Waals surface area contributed by atoms with Gasteiger partial charge in [0.2, 0.25) is 0 Å². The Hall–Kier alpha value is -0.930. The summed E-state index contributed by atoms with van der Waals surface area (Å²) >= 11 is 8.96. The summed E-state index contributed by atoms with van der Waals surface area (Å²) in [6, 6.07) is 6.88. The third kappa shape index (κ3) is 2.03. The Morgan fingerprint density at radius 3 is 2.47 bits per heavy atom. The highest BCUT2D eigenvalue weighted by molar-refractivity contribution is 9.10. The molecule has 0 saturated heterocycles. The van der Waals surface area contributed by atoms with Crippen LogP contribution < -0.4 is 0 Å². The molecule has 0 aliphatic rings. The maximum absolute atomic E-state index is 13.8. The highest BCUT2D eigenvalue weighted by Gasteiger charge is 2.11. The summed E-state index contributed by atoms with van der Waals surface area (Å²) in [5.41, 5.74) is 1.24. The fourth-order valence-corrected chi connectivity index (χ4v) is 1.75. The zero-order valence-corrected chi connectivity index (χ0v) is 9.89. The van der Waals surface area contributed by atoms with E-state index in [1.54, 1.807) is 36.7 Å². The van der Waals surface area contributed by atoms with Crippen LogP contribution in [0.3, 0.4) is 0 Å². The molecule has 2 aromatic rings. The van der Waals surface area contributed by atoms with Crippen LogP contribution in [0.4, 0.5) is 4.39 Å². The van der Waals surface area contributed by atoms with Crippen LogP contribution in [0.5, 0.6) is 0 Å². The summed E-state index contributed by atoms with van der Waals surface area (Å²) in [4.78, 5) is 3.88. The maximum atomic E-state index is 13.8. The average Bonchev–Trinajstić information content (AvgIpc) is 2.27. The second-order valence-electron chi connectivity index (χ2n) is 2.96. The van der Waals surface area contributed by atoms with E-state index in [-0.39, 0.29) is 5.02 Å². The van der Waals surface area contributed by atoms with Gasteiger partial charge >= 0.3 is 0 Å². The fourth-order valence-electron chi connectivity index (χ4n) is 1.28. The van der Waals surface area contributed by atoms with E-state index in [2.05, 4.69) is 20.9 Å². The van der Waals surface area contributed by atoms with Gasteiger partial charge in [-0.1, -0.05) is 17.7 Å². The van der Waals surface area contributed by atoms with Gasteiger partial charge in [0.25, 0.3) is 0 Å². The second kappa shape index (κ2) is 4.29. The van der Waals surface area contributed by atoms with Crippen molar-refractivity contribution in [2.24, 2.45) is 0 Å². The molecule has 0 spiro atoms. The van der Waals surface area contributed by atoms with Crippen LogP contribution in [0, 0.1) is 5.82 Å². The average molecular weight is 287 g/mol. The van der Waals surface area contributed by atoms with Gasteiger partial charge in [0.15, 0.2) is 5.82 Å². The second-order valence-corrected chi connectivity index (χ2v) is 4.19. The van der Waals surface area contributed by atoms with Gasteiger partial charge in [-0.25, -0.2) is 4.39 Å². The summed E-state index contributed by atoms with van der Waals surface area (Å²) < 4.78 is 14.3. The molecule has 0 fully saturated rings. The summed E-state index contributed by atoms with van der Waals surface area (Å²) in [5.74, 6) is -0.419. The molecule has 0 N–H and O–H groups in total. The number of pyridine rings is 1. The first-order valence-corrected chi connectivity index (χ1v) is 5.41. The van der Waals surface area contributed by atoms with Crippen molar-refractivity contribution in [3.05, 3.63) is 52.0 Å². The van der Waals surface area contributed by atoms with Gasteiger partial charge in [-0.2, -0.15) is 0 Å². The van der Waals surface area contributed by atoms with Crippen LogP contribution in [0.1, 0.15) is 0 Å². The van der Waals surface area contributed by atoms with Crippen molar-refractivity contribution in [2.75, 3.05) is 0 Å². The largest absolute Gasteiger partial charge is 0.265 e. The summed E-state index contributed by atoms with van der Waals surface area (Å²) in [6.07, 6.45) is 3.23. The van der Waals surface area contributed by atoms with Crippen LogP contribution in [-0.2, 0) is 0 Å². The van der Waals surface area contributed by atoms with Gasteiger partial charge in [-0.15, -0.1) is 0 Å². The van der Waals surface area contributed by atoms with Crippen LogP contribution in [0.15, 0.2) is 41.1 Å². The first-order valence-electron chi connectivity index (χ1n) is 4.24. The monoisotopic (exact) mass is 285 g/mol. The predicted octanol–water partition coefficient (Wildman–Crippen LogP) is 4.30. The number of hydrogen-bond donors (Lipinski definition) is 0. The molecule has 0 bridgehead atoms. The zero-order chi connectivity index (χ0) is 10.8. The Kier molecular flexibility index (Phi) is 3.03. The highest BCUT2D eigenvalue weighted by atomic mass is 79.9. The van der Waals surface area contributed by atoms with E-state index in [1.165, 1.54) is 0 Å². The third-order valence-corrected chi connectivity index (χ3v) is 3.29. The predicted molar refractivity (Wildman–Crippen MR) is 62.3 cm³/mol. The lowest BCUT2D eigenvalue weighted by Gasteiger charge is -2.05. The van der Waals surface area contributed by atoms with E-state index < -0.39 is 5.82 Å². The lowest BCUT2D eigenvalue weighted by molar-refractivity contribution is 0.631. The van der Waals surface area contributed by atoms with E-state index in [0.717, 1.165) is 5.56 Å². The van der Waals surface area contributed by atoms with Crippen molar-refractivity contribution in [2.45, 2.75) is 0 Å². The minimum atomic E-state index is -0.419. The molecular weight excluding hydrogens is 280 g/mol. The summed E-state index contributed by atoms with van der Waals surface area (Å²) in [7, 11) is 0. The number of aromatic nitrogens is 1. The van der Waals surface area contributed by atoms with Gasteiger partial charge < -0.3 is 0 Å². The van der Waals surface area contributed by atoms with Crippen LogP contribution in [-0.4, -0.2) is 4.98 Å². The first-order chi connectivity index (χ1) is 7.20. The Labute approximate surface area is 100 Å². The Morgan fingerprint density at radius 2 is 1.80 bits per heavy atom. The molecule has 0 aliphatic heterocycles. The van der Waals surface area contributed by atoms with Crippen molar-refractivity contribution >= 4 is 27.5 Å². The Morgan fingerprint density at radius 1 is 1.13 bits per heavy atom. The number of halogens is 3. The molecule has 0 atom stereocenters. The molecular formula is C11H6BrClFN. The van der Waals surface area contributed by atoms with Crippen LogP contribution in [0.2, 0.25) is 5.02 Å². The molecule has 0 unspecified atom stereocenters. The lowest BCUT2D eigenvalue weighted by atomic mass is 10.1. The van der Waals surface area contributed by atoms with Crippen LogP contribution in [0.25, 0.3) is 11.1 Å². The minimum absolute atomic E-state index is 0.101. The van der Waals surface area contributed by atoms with Gasteiger partial charge in [0, 0.05) is 22.4 Å². The summed E-state index contributed by atoms with van der Waals surface area (Å²) in [5, 5.41) is 0.101. The molecule has 1 aromatic carbocycles. The lowest BCUT2D eigenvalue weighted by Crippen LogP contribution is -1.86. The van der Waals surface area contributed by atoms with Gasteiger partial charge in [0.1, 0.15) is 0 Å². The van der Waals surface area contributed by atoms with Gasteiger partial charge in [0.05, 0.1) is 5.02 Å². The molecule has 2 rings (SSSR count). The molecule has 0 aliphatic carbocycles. The smallest absolute Gasteiger partial charge is 0.150 e. The fraction of sp³-hybridized carbons (Fsp3) is 0. The quantitative estimate of drug-likeness (QED) is 0.712. The van der Waals surface area contributed by atoms with E-state index in [9.17, 15) is 4.39 Å². The van der Waals surface area contributed by atoms with Gasteiger partial charge in [-0.05, 0) is 39.7 Å².